The van der Waals surface area contributed by atoms with E-state index < -0.39 is 39.1 Å². The van der Waals surface area contributed by atoms with E-state index in [1.165, 1.54) is 29.7 Å². The number of hydrogen-bond donors (Lipinski definition) is 1. The molecule has 0 saturated carbocycles. The SMILES string of the molecule is Cc1cc(S(=O)(=O)NC2CC=C(F)C(C(=O)C3=Nc4ncc(Cl)cc43)=C2F)c(C)s1. The Morgan fingerprint density at radius 3 is 2.70 bits per heavy atom. The summed E-state index contributed by atoms with van der Waals surface area (Å²) in [6.07, 6.45) is 2.04. The highest BCUT2D eigenvalue weighted by molar-refractivity contribution is 7.89. The molecule has 0 amide bonds. The summed E-state index contributed by atoms with van der Waals surface area (Å²) in [6, 6.07) is 1.49. The molecule has 11 heteroatoms. The Morgan fingerprint density at radius 2 is 2.03 bits per heavy atom. The van der Waals surface area contributed by atoms with Crippen LogP contribution in [-0.4, -0.2) is 30.9 Å². The van der Waals surface area contributed by atoms with Crippen LogP contribution in [0.2, 0.25) is 5.02 Å². The topological polar surface area (TPSA) is 88.5 Å². The first kappa shape index (κ1) is 21.0. The summed E-state index contributed by atoms with van der Waals surface area (Å²) >= 11 is 7.15. The number of fused-ring (bicyclic) bond motifs is 1. The number of carbonyl (C=O) groups excluding carboxylic acids is 1. The lowest BCUT2D eigenvalue weighted by Crippen LogP contribution is -2.38. The number of halogens is 3. The Morgan fingerprint density at radius 1 is 1.30 bits per heavy atom. The van der Waals surface area contributed by atoms with Crippen LogP contribution >= 0.6 is 22.9 Å². The summed E-state index contributed by atoms with van der Waals surface area (Å²) in [5.41, 5.74) is -0.745. The van der Waals surface area contributed by atoms with Crippen LogP contribution < -0.4 is 4.72 Å². The van der Waals surface area contributed by atoms with E-state index in [0.29, 0.717) is 4.88 Å². The molecule has 0 spiro atoms. The van der Waals surface area contributed by atoms with Crippen molar-refractivity contribution in [3.8, 4) is 0 Å². The predicted octanol–water partition coefficient (Wildman–Crippen LogP) is 4.24. The zero-order valence-corrected chi connectivity index (χ0v) is 18.1. The molecule has 0 fully saturated rings. The zero-order valence-electron chi connectivity index (χ0n) is 15.7. The van der Waals surface area contributed by atoms with Gasteiger partial charge >= 0.3 is 0 Å². The number of aromatic nitrogens is 1. The Kier molecular flexibility index (Phi) is 5.21. The number of aliphatic imine (C=N–C) groups is 1. The first-order valence-corrected chi connectivity index (χ1v) is 11.4. The molecular formula is C19H14ClF2N3O3S2. The highest BCUT2D eigenvalue weighted by Gasteiger charge is 2.37. The molecule has 1 aliphatic carbocycles. The smallest absolute Gasteiger partial charge is 0.242 e. The third kappa shape index (κ3) is 3.53. The Hall–Kier alpha value is -2.27. The fraction of sp³-hybridized carbons (Fsp3) is 0.211. The minimum atomic E-state index is -4.07. The number of carbonyl (C=O) groups is 1. The molecule has 0 saturated heterocycles. The van der Waals surface area contributed by atoms with E-state index >= 15 is 4.39 Å². The molecule has 1 atom stereocenters. The number of pyridine rings is 1. The van der Waals surface area contributed by atoms with Crippen molar-refractivity contribution in [3.05, 3.63) is 62.0 Å². The van der Waals surface area contributed by atoms with Gasteiger partial charge in [-0.1, -0.05) is 11.6 Å². The van der Waals surface area contributed by atoms with Crippen molar-refractivity contribution >= 4 is 50.3 Å². The van der Waals surface area contributed by atoms with Crippen LogP contribution in [0.25, 0.3) is 0 Å². The lowest BCUT2D eigenvalue weighted by molar-refractivity contribution is -0.109. The van der Waals surface area contributed by atoms with E-state index in [4.69, 9.17) is 11.6 Å². The van der Waals surface area contributed by atoms with Gasteiger partial charge in [-0.05, 0) is 38.5 Å². The lowest BCUT2D eigenvalue weighted by atomic mass is 9.91. The minimum Gasteiger partial charge on any atom is -0.287 e. The number of nitrogens with zero attached hydrogens (tertiary/aromatic N) is 2. The number of nitrogens with one attached hydrogen (secondary N) is 1. The van der Waals surface area contributed by atoms with Gasteiger partial charge in [0.15, 0.2) is 5.82 Å². The van der Waals surface area contributed by atoms with Gasteiger partial charge in [-0.25, -0.2) is 31.9 Å². The van der Waals surface area contributed by atoms with Gasteiger partial charge < -0.3 is 0 Å². The van der Waals surface area contributed by atoms with Gasteiger partial charge in [0.25, 0.3) is 0 Å². The second kappa shape index (κ2) is 7.45. The van der Waals surface area contributed by atoms with Crippen molar-refractivity contribution in [2.24, 2.45) is 4.99 Å². The quantitative estimate of drug-likeness (QED) is 0.709. The predicted molar refractivity (Wildman–Crippen MR) is 110 cm³/mol. The molecule has 0 radical (unpaired) electrons. The number of rotatable bonds is 5. The number of sulfonamides is 1. The molecular weight excluding hydrogens is 456 g/mol. The number of Topliss-reactive ketones (excluding diaryl/α,β-unsaturated/α-hetero) is 1. The van der Waals surface area contributed by atoms with E-state index in [2.05, 4.69) is 14.7 Å². The van der Waals surface area contributed by atoms with Crippen molar-refractivity contribution in [2.45, 2.75) is 31.2 Å². The first-order valence-electron chi connectivity index (χ1n) is 8.73. The van der Waals surface area contributed by atoms with E-state index in [1.54, 1.807) is 13.8 Å². The van der Waals surface area contributed by atoms with E-state index in [1.807, 2.05) is 0 Å². The van der Waals surface area contributed by atoms with Crippen molar-refractivity contribution in [2.75, 3.05) is 0 Å². The third-order valence-corrected chi connectivity index (χ3v) is 7.55. The largest absolute Gasteiger partial charge is 0.287 e. The molecule has 6 nitrogen and oxygen atoms in total. The summed E-state index contributed by atoms with van der Waals surface area (Å²) in [4.78, 5) is 21.9. The maximum absolute atomic E-state index is 15.1. The average molecular weight is 470 g/mol. The molecule has 156 valence electrons. The second-order valence-electron chi connectivity index (χ2n) is 6.78. The Bertz CT molecular complexity index is 1300. The van der Waals surface area contributed by atoms with Gasteiger partial charge in [-0.2, -0.15) is 0 Å². The Labute approximate surface area is 180 Å². The molecule has 1 N–H and O–H groups in total. The summed E-state index contributed by atoms with van der Waals surface area (Å²) in [6.45, 7) is 3.39. The summed E-state index contributed by atoms with van der Waals surface area (Å²) in [7, 11) is -4.07. The van der Waals surface area contributed by atoms with Crippen LogP contribution in [0.1, 0.15) is 21.7 Å². The number of hydrogen-bond acceptors (Lipinski definition) is 6. The zero-order chi connectivity index (χ0) is 21.8. The van der Waals surface area contributed by atoms with Crippen molar-refractivity contribution in [3.63, 3.8) is 0 Å². The van der Waals surface area contributed by atoms with Gasteiger partial charge in [0.1, 0.15) is 17.4 Å². The van der Waals surface area contributed by atoms with Gasteiger partial charge in [-0.15, -0.1) is 11.3 Å². The van der Waals surface area contributed by atoms with Gasteiger partial charge in [0.05, 0.1) is 27.1 Å². The molecule has 2 aromatic rings. The van der Waals surface area contributed by atoms with Crippen molar-refractivity contribution < 1.29 is 22.0 Å². The molecule has 2 aliphatic rings. The lowest BCUT2D eigenvalue weighted by Gasteiger charge is -2.23. The highest BCUT2D eigenvalue weighted by Crippen LogP contribution is 2.36. The monoisotopic (exact) mass is 469 g/mol. The third-order valence-electron chi connectivity index (χ3n) is 4.65. The molecule has 3 heterocycles. The van der Waals surface area contributed by atoms with Crippen molar-refractivity contribution in [1.82, 2.24) is 9.71 Å². The molecule has 2 aromatic heterocycles. The fourth-order valence-corrected chi connectivity index (χ4v) is 6.17. The van der Waals surface area contributed by atoms with Crippen molar-refractivity contribution in [1.29, 1.82) is 0 Å². The maximum Gasteiger partial charge on any atom is 0.242 e. The minimum absolute atomic E-state index is 0.0266. The number of allylic oxidation sites excluding steroid dienone is 2. The van der Waals surface area contributed by atoms with Crippen LogP contribution in [0.4, 0.5) is 14.6 Å². The number of ketones is 1. The summed E-state index contributed by atoms with van der Waals surface area (Å²) in [5.74, 6) is -3.02. The summed E-state index contributed by atoms with van der Waals surface area (Å²) < 4.78 is 57.1. The molecule has 1 unspecified atom stereocenters. The van der Waals surface area contributed by atoms with E-state index in [-0.39, 0.29) is 33.4 Å². The van der Waals surface area contributed by atoms with Crippen LogP contribution in [0, 0.1) is 13.8 Å². The molecule has 30 heavy (non-hydrogen) atoms. The van der Waals surface area contributed by atoms with Gasteiger partial charge in [0.2, 0.25) is 15.8 Å². The molecule has 0 aromatic carbocycles. The molecule has 1 aliphatic heterocycles. The van der Waals surface area contributed by atoms with Gasteiger partial charge in [-0.3, -0.25) is 4.79 Å². The fourth-order valence-electron chi connectivity index (χ4n) is 3.26. The number of aryl methyl sites for hydroxylation is 2. The summed E-state index contributed by atoms with van der Waals surface area (Å²) in [5, 5.41) is 0.245. The highest BCUT2D eigenvalue weighted by atomic mass is 35.5. The van der Waals surface area contributed by atoms with Crippen LogP contribution in [0.5, 0.6) is 0 Å². The second-order valence-corrected chi connectivity index (χ2v) is 10.4. The van der Waals surface area contributed by atoms with Gasteiger partial charge in [0, 0.05) is 16.0 Å². The Balaban J connectivity index is 1.65. The average Bonchev–Trinajstić information content (AvgIpc) is 2.99. The van der Waals surface area contributed by atoms with Crippen LogP contribution in [0.15, 0.2) is 51.5 Å². The van der Waals surface area contributed by atoms with Crippen LogP contribution in [-0.2, 0) is 14.8 Å². The van der Waals surface area contributed by atoms with E-state index in [9.17, 15) is 17.6 Å². The normalized spacial score (nSPS) is 18.5. The first-order chi connectivity index (χ1) is 14.1. The van der Waals surface area contributed by atoms with Crippen LogP contribution in [0.3, 0.4) is 0 Å². The maximum atomic E-state index is 15.1. The number of thiophene rings is 1. The van der Waals surface area contributed by atoms with E-state index in [0.717, 1.165) is 11.0 Å². The standard InChI is InChI=1S/C19H14ClF2N3O3S2/c1-8-5-14(9(2)29-8)30(27,28)25-13-4-3-12(21)15(16(13)22)18(26)17-11-6-10(20)7-23-19(11)24-17/h3,5-7,13,25H,4H2,1-2H3. The molecule has 4 rings (SSSR count). The molecule has 0 bridgehead atoms.